The maximum atomic E-state index is 9.92. The summed E-state index contributed by atoms with van der Waals surface area (Å²) in [4.78, 5) is 0. The highest BCUT2D eigenvalue weighted by Crippen LogP contribution is 2.12. The molecule has 0 heterocycles. The molecule has 0 aliphatic heterocycles. The van der Waals surface area contributed by atoms with Gasteiger partial charge in [-0.15, -0.1) is 0 Å². The van der Waals surface area contributed by atoms with Crippen LogP contribution in [0.2, 0.25) is 0 Å². The first-order valence-electron chi connectivity index (χ1n) is 7.14. The zero-order valence-corrected chi connectivity index (χ0v) is 11.4. The summed E-state index contributed by atoms with van der Waals surface area (Å²) >= 11 is 0. The van der Waals surface area contributed by atoms with Crippen LogP contribution >= 0.6 is 0 Å². The molecule has 2 atom stereocenters. The Bertz CT molecular complexity index is 297. The van der Waals surface area contributed by atoms with Crippen LogP contribution in [0.5, 0.6) is 0 Å². The second-order valence-electron chi connectivity index (χ2n) is 5.03. The van der Waals surface area contributed by atoms with E-state index in [0.29, 0.717) is 12.8 Å². The van der Waals surface area contributed by atoms with Crippen LogP contribution in [-0.4, -0.2) is 22.4 Å². The Kier molecular flexibility index (Phi) is 7.70. The normalized spacial score (nSPS) is 14.4. The van der Waals surface area contributed by atoms with Crippen molar-refractivity contribution in [3.63, 3.8) is 0 Å². The summed E-state index contributed by atoms with van der Waals surface area (Å²) in [5.41, 5.74) is 1.08. The fraction of sp³-hybridized carbons (Fsp3) is 0.625. The Balaban J connectivity index is 2.18. The van der Waals surface area contributed by atoms with Crippen LogP contribution in [0, 0.1) is 0 Å². The highest BCUT2D eigenvalue weighted by atomic mass is 16.3. The van der Waals surface area contributed by atoms with Gasteiger partial charge in [0.1, 0.15) is 0 Å². The quantitative estimate of drug-likeness (QED) is 0.660. The van der Waals surface area contributed by atoms with Gasteiger partial charge in [0.25, 0.3) is 0 Å². The number of hydrogen-bond acceptors (Lipinski definition) is 2. The molecule has 1 aromatic carbocycles. The summed E-state index contributed by atoms with van der Waals surface area (Å²) in [6.07, 6.45) is 5.91. The van der Waals surface area contributed by atoms with E-state index in [4.69, 9.17) is 0 Å². The fourth-order valence-electron chi connectivity index (χ4n) is 2.14. The average molecular weight is 250 g/mol. The van der Waals surface area contributed by atoms with E-state index in [2.05, 4.69) is 6.92 Å². The number of unbranched alkanes of at least 4 members (excludes halogenated alkanes) is 4. The van der Waals surface area contributed by atoms with E-state index < -0.39 is 12.2 Å². The molecular formula is C16H26O2. The van der Waals surface area contributed by atoms with Crippen molar-refractivity contribution >= 4 is 0 Å². The zero-order valence-electron chi connectivity index (χ0n) is 11.4. The molecule has 1 aromatic rings. The minimum absolute atomic E-state index is 0.539. The standard InChI is InChI=1S/C16H26O2/c1-2-3-4-5-9-12-15(17)16(18)13-14-10-7-6-8-11-14/h6-8,10-11,15-18H,2-5,9,12-13H2,1H3. The second-order valence-corrected chi connectivity index (χ2v) is 5.03. The molecule has 0 saturated heterocycles. The summed E-state index contributed by atoms with van der Waals surface area (Å²) < 4.78 is 0. The van der Waals surface area contributed by atoms with Crippen molar-refractivity contribution in [2.24, 2.45) is 0 Å². The van der Waals surface area contributed by atoms with Gasteiger partial charge in [-0.3, -0.25) is 0 Å². The van der Waals surface area contributed by atoms with Crippen molar-refractivity contribution in [3.05, 3.63) is 35.9 Å². The van der Waals surface area contributed by atoms with Crippen LogP contribution in [0.15, 0.2) is 30.3 Å². The topological polar surface area (TPSA) is 40.5 Å². The number of rotatable bonds is 9. The van der Waals surface area contributed by atoms with Crippen molar-refractivity contribution in [3.8, 4) is 0 Å². The maximum Gasteiger partial charge on any atom is 0.0839 e. The molecule has 0 aliphatic carbocycles. The summed E-state index contributed by atoms with van der Waals surface area (Å²) in [5, 5.41) is 19.8. The van der Waals surface area contributed by atoms with Crippen LogP contribution in [0.25, 0.3) is 0 Å². The molecule has 0 amide bonds. The lowest BCUT2D eigenvalue weighted by Gasteiger charge is -2.17. The summed E-state index contributed by atoms with van der Waals surface area (Å²) in [5.74, 6) is 0. The molecule has 2 nitrogen and oxygen atoms in total. The minimum atomic E-state index is -0.640. The van der Waals surface area contributed by atoms with E-state index in [-0.39, 0.29) is 0 Å². The van der Waals surface area contributed by atoms with Crippen LogP contribution in [0.4, 0.5) is 0 Å². The Labute approximate surface area is 111 Å². The molecule has 0 aliphatic rings. The van der Waals surface area contributed by atoms with Crippen molar-refractivity contribution in [1.82, 2.24) is 0 Å². The zero-order chi connectivity index (χ0) is 13.2. The molecule has 0 radical (unpaired) electrons. The highest BCUT2D eigenvalue weighted by molar-refractivity contribution is 5.15. The van der Waals surface area contributed by atoms with E-state index in [1.165, 1.54) is 19.3 Å². The first-order chi connectivity index (χ1) is 8.74. The van der Waals surface area contributed by atoms with Crippen molar-refractivity contribution in [2.75, 3.05) is 0 Å². The van der Waals surface area contributed by atoms with Crippen molar-refractivity contribution < 1.29 is 10.2 Å². The van der Waals surface area contributed by atoms with E-state index in [9.17, 15) is 10.2 Å². The maximum absolute atomic E-state index is 9.92. The van der Waals surface area contributed by atoms with E-state index in [1.54, 1.807) is 0 Å². The van der Waals surface area contributed by atoms with Gasteiger partial charge in [0.15, 0.2) is 0 Å². The second kappa shape index (κ2) is 9.12. The molecule has 2 unspecified atom stereocenters. The molecule has 0 saturated carbocycles. The smallest absolute Gasteiger partial charge is 0.0839 e. The van der Waals surface area contributed by atoms with Gasteiger partial charge in [0.05, 0.1) is 12.2 Å². The molecule has 0 spiro atoms. The molecule has 18 heavy (non-hydrogen) atoms. The molecule has 0 aromatic heterocycles. The highest BCUT2D eigenvalue weighted by Gasteiger charge is 2.15. The average Bonchev–Trinajstić information content (AvgIpc) is 2.39. The van der Waals surface area contributed by atoms with Crippen molar-refractivity contribution in [2.45, 2.75) is 64.1 Å². The Morgan fingerprint density at radius 1 is 0.889 bits per heavy atom. The van der Waals surface area contributed by atoms with Gasteiger partial charge in [0.2, 0.25) is 0 Å². The van der Waals surface area contributed by atoms with E-state index in [0.717, 1.165) is 18.4 Å². The monoisotopic (exact) mass is 250 g/mol. The van der Waals surface area contributed by atoms with Gasteiger partial charge in [-0.25, -0.2) is 0 Å². The van der Waals surface area contributed by atoms with Crippen LogP contribution in [0.3, 0.4) is 0 Å². The van der Waals surface area contributed by atoms with Crippen LogP contribution in [0.1, 0.15) is 51.0 Å². The third kappa shape index (κ3) is 6.18. The largest absolute Gasteiger partial charge is 0.390 e. The molecule has 102 valence electrons. The molecular weight excluding hydrogens is 224 g/mol. The van der Waals surface area contributed by atoms with Gasteiger partial charge in [-0.2, -0.15) is 0 Å². The van der Waals surface area contributed by atoms with Gasteiger partial charge >= 0.3 is 0 Å². The Hall–Kier alpha value is -0.860. The number of hydrogen-bond donors (Lipinski definition) is 2. The molecule has 1 rings (SSSR count). The van der Waals surface area contributed by atoms with Gasteiger partial charge in [-0.1, -0.05) is 69.4 Å². The predicted molar refractivity (Wildman–Crippen MR) is 75.5 cm³/mol. The summed E-state index contributed by atoms with van der Waals surface area (Å²) in [6.45, 7) is 2.19. The summed E-state index contributed by atoms with van der Waals surface area (Å²) in [6, 6.07) is 9.84. The minimum Gasteiger partial charge on any atom is -0.390 e. The fourth-order valence-corrected chi connectivity index (χ4v) is 2.14. The van der Waals surface area contributed by atoms with Crippen LogP contribution in [-0.2, 0) is 6.42 Å². The first kappa shape index (κ1) is 15.2. The first-order valence-corrected chi connectivity index (χ1v) is 7.14. The Morgan fingerprint density at radius 2 is 1.56 bits per heavy atom. The van der Waals surface area contributed by atoms with Crippen LogP contribution < -0.4 is 0 Å². The molecule has 2 N–H and O–H groups in total. The van der Waals surface area contributed by atoms with Crippen molar-refractivity contribution in [1.29, 1.82) is 0 Å². The molecule has 0 bridgehead atoms. The van der Waals surface area contributed by atoms with Gasteiger partial charge in [0, 0.05) is 6.42 Å². The molecule has 0 fully saturated rings. The van der Waals surface area contributed by atoms with Gasteiger partial charge in [-0.05, 0) is 12.0 Å². The number of benzene rings is 1. The lowest BCUT2D eigenvalue weighted by molar-refractivity contribution is 0.0137. The van der Waals surface area contributed by atoms with Gasteiger partial charge < -0.3 is 10.2 Å². The SMILES string of the molecule is CCCCCCCC(O)C(O)Cc1ccccc1. The van der Waals surface area contributed by atoms with E-state index >= 15 is 0 Å². The predicted octanol–water partition coefficient (Wildman–Crippen LogP) is 3.31. The molecule has 2 heteroatoms. The third-order valence-electron chi connectivity index (χ3n) is 3.34. The van der Waals surface area contributed by atoms with E-state index in [1.807, 2.05) is 30.3 Å². The Morgan fingerprint density at radius 3 is 2.22 bits per heavy atom. The lowest BCUT2D eigenvalue weighted by atomic mass is 9.99. The lowest BCUT2D eigenvalue weighted by Crippen LogP contribution is -2.27. The third-order valence-corrected chi connectivity index (χ3v) is 3.34. The number of aliphatic hydroxyl groups excluding tert-OH is 2. The number of aliphatic hydroxyl groups is 2. The summed E-state index contributed by atoms with van der Waals surface area (Å²) in [7, 11) is 0.